The van der Waals surface area contributed by atoms with Crippen molar-refractivity contribution in [3.05, 3.63) is 12.2 Å². The largest absolute Gasteiger partial charge is 0.304 e. The molecule has 0 radical (unpaired) electrons. The standard InChI is InChI=1S/C12H27NSi/c1-7-13(8-2)10-9-12(3)11-14(4,5)6/h3,7-11H2,1-2,4-6H3. The van der Waals surface area contributed by atoms with E-state index in [0.717, 1.165) is 13.1 Å². The second-order valence-corrected chi connectivity index (χ2v) is 10.7. The third kappa shape index (κ3) is 7.33. The normalized spacial score (nSPS) is 12.1. The number of nitrogens with zero attached hydrogens (tertiary/aromatic N) is 1. The molecule has 0 aromatic rings. The molecule has 0 N–H and O–H groups in total. The van der Waals surface area contributed by atoms with Crippen molar-refractivity contribution in [2.24, 2.45) is 0 Å². The van der Waals surface area contributed by atoms with Gasteiger partial charge in [-0.25, -0.2) is 0 Å². The zero-order valence-electron chi connectivity index (χ0n) is 10.7. The van der Waals surface area contributed by atoms with E-state index in [2.05, 4.69) is 45.0 Å². The van der Waals surface area contributed by atoms with Gasteiger partial charge in [-0.15, -0.1) is 6.58 Å². The van der Waals surface area contributed by atoms with Gasteiger partial charge < -0.3 is 4.90 Å². The molecule has 0 heterocycles. The molecule has 0 fully saturated rings. The number of rotatable bonds is 7. The van der Waals surface area contributed by atoms with E-state index in [9.17, 15) is 0 Å². The summed E-state index contributed by atoms with van der Waals surface area (Å²) in [5, 5.41) is 0. The van der Waals surface area contributed by atoms with Gasteiger partial charge in [0.2, 0.25) is 0 Å². The average molecular weight is 213 g/mol. The van der Waals surface area contributed by atoms with E-state index in [1.165, 1.54) is 24.6 Å². The highest BCUT2D eigenvalue weighted by atomic mass is 28.3. The first-order valence-corrected chi connectivity index (χ1v) is 9.48. The van der Waals surface area contributed by atoms with Crippen LogP contribution in [0.4, 0.5) is 0 Å². The van der Waals surface area contributed by atoms with Crippen molar-refractivity contribution in [3.8, 4) is 0 Å². The second-order valence-electron chi connectivity index (χ2n) is 5.26. The molecule has 0 rings (SSSR count). The van der Waals surface area contributed by atoms with Crippen LogP contribution in [0.2, 0.25) is 25.7 Å². The Hall–Kier alpha value is -0.0831. The molecule has 0 aromatic carbocycles. The monoisotopic (exact) mass is 213 g/mol. The van der Waals surface area contributed by atoms with Crippen LogP contribution < -0.4 is 0 Å². The maximum atomic E-state index is 4.19. The summed E-state index contributed by atoms with van der Waals surface area (Å²) < 4.78 is 0. The lowest BCUT2D eigenvalue weighted by Gasteiger charge is -2.21. The molecule has 0 aliphatic heterocycles. The molecule has 0 aliphatic carbocycles. The van der Waals surface area contributed by atoms with Gasteiger partial charge in [0.25, 0.3) is 0 Å². The fourth-order valence-corrected chi connectivity index (χ4v) is 3.37. The maximum absolute atomic E-state index is 4.19. The lowest BCUT2D eigenvalue weighted by atomic mass is 10.2. The molecule has 0 amide bonds. The quantitative estimate of drug-likeness (QED) is 0.461. The summed E-state index contributed by atoms with van der Waals surface area (Å²) in [5.41, 5.74) is 1.45. The predicted molar refractivity (Wildman–Crippen MR) is 69.7 cm³/mol. The molecule has 0 saturated carbocycles. The molecule has 14 heavy (non-hydrogen) atoms. The van der Waals surface area contributed by atoms with Crippen LogP contribution in [0.3, 0.4) is 0 Å². The first-order chi connectivity index (χ1) is 6.39. The Bertz CT molecular complexity index is 166. The van der Waals surface area contributed by atoms with Crippen molar-refractivity contribution in [1.82, 2.24) is 4.90 Å². The summed E-state index contributed by atoms with van der Waals surface area (Å²) in [4.78, 5) is 2.47. The second kappa shape index (κ2) is 6.41. The average Bonchev–Trinajstić information content (AvgIpc) is 2.03. The third-order valence-electron chi connectivity index (χ3n) is 2.46. The summed E-state index contributed by atoms with van der Waals surface area (Å²) in [6.07, 6.45) is 1.19. The Balaban J connectivity index is 3.74. The molecule has 84 valence electrons. The molecule has 0 bridgehead atoms. The maximum Gasteiger partial charge on any atom is 0.0483 e. The van der Waals surface area contributed by atoms with Crippen LogP contribution in [0.5, 0.6) is 0 Å². The molecule has 0 spiro atoms. The van der Waals surface area contributed by atoms with Crippen molar-refractivity contribution in [3.63, 3.8) is 0 Å². The van der Waals surface area contributed by atoms with Crippen LogP contribution in [-0.2, 0) is 0 Å². The fraction of sp³-hybridized carbons (Fsp3) is 0.833. The van der Waals surface area contributed by atoms with Gasteiger partial charge in [0, 0.05) is 14.6 Å². The van der Waals surface area contributed by atoms with Crippen LogP contribution in [0.1, 0.15) is 20.3 Å². The molecule has 0 atom stereocenters. The first kappa shape index (κ1) is 13.9. The smallest absolute Gasteiger partial charge is 0.0483 e. The number of hydrogen-bond donors (Lipinski definition) is 0. The van der Waals surface area contributed by atoms with Crippen molar-refractivity contribution < 1.29 is 0 Å². The van der Waals surface area contributed by atoms with E-state index < -0.39 is 8.07 Å². The van der Waals surface area contributed by atoms with Gasteiger partial charge in [-0.1, -0.05) is 39.1 Å². The van der Waals surface area contributed by atoms with Crippen molar-refractivity contribution in [1.29, 1.82) is 0 Å². The van der Waals surface area contributed by atoms with Gasteiger partial charge in [0.05, 0.1) is 0 Å². The summed E-state index contributed by atoms with van der Waals surface area (Å²) in [6, 6.07) is 1.29. The summed E-state index contributed by atoms with van der Waals surface area (Å²) >= 11 is 0. The molecular formula is C12H27NSi. The Morgan fingerprint density at radius 3 is 2.00 bits per heavy atom. The van der Waals surface area contributed by atoms with Crippen molar-refractivity contribution in [2.45, 2.75) is 46.0 Å². The highest BCUT2D eigenvalue weighted by Gasteiger charge is 2.14. The highest BCUT2D eigenvalue weighted by molar-refractivity contribution is 6.76. The molecule has 1 nitrogen and oxygen atoms in total. The molecule has 0 aromatic heterocycles. The van der Waals surface area contributed by atoms with E-state index in [1.54, 1.807) is 0 Å². The van der Waals surface area contributed by atoms with Crippen LogP contribution in [0.15, 0.2) is 12.2 Å². The van der Waals surface area contributed by atoms with Crippen molar-refractivity contribution >= 4 is 8.07 Å². The topological polar surface area (TPSA) is 3.24 Å². The summed E-state index contributed by atoms with van der Waals surface area (Å²) in [6.45, 7) is 19.4. The lowest BCUT2D eigenvalue weighted by molar-refractivity contribution is 0.308. The van der Waals surface area contributed by atoms with Gasteiger partial charge in [-0.05, 0) is 25.6 Å². The SMILES string of the molecule is C=C(CCN(CC)CC)C[Si](C)(C)C. The Morgan fingerprint density at radius 1 is 1.14 bits per heavy atom. The minimum Gasteiger partial charge on any atom is -0.304 e. The Morgan fingerprint density at radius 2 is 1.64 bits per heavy atom. The van der Waals surface area contributed by atoms with Gasteiger partial charge in [-0.3, -0.25) is 0 Å². The highest BCUT2D eigenvalue weighted by Crippen LogP contribution is 2.17. The Labute approximate surface area is 91.2 Å². The van der Waals surface area contributed by atoms with Crippen LogP contribution in [0, 0.1) is 0 Å². The zero-order valence-corrected chi connectivity index (χ0v) is 11.7. The van der Waals surface area contributed by atoms with E-state index in [0.29, 0.717) is 0 Å². The van der Waals surface area contributed by atoms with E-state index in [1.807, 2.05) is 0 Å². The minimum atomic E-state index is -0.931. The van der Waals surface area contributed by atoms with Crippen LogP contribution >= 0.6 is 0 Å². The Kier molecular flexibility index (Phi) is 6.37. The molecule has 0 aliphatic rings. The van der Waals surface area contributed by atoms with Crippen LogP contribution in [-0.4, -0.2) is 32.6 Å². The minimum absolute atomic E-state index is 0.931. The summed E-state index contributed by atoms with van der Waals surface area (Å²) in [5.74, 6) is 0. The van der Waals surface area contributed by atoms with E-state index >= 15 is 0 Å². The first-order valence-electron chi connectivity index (χ1n) is 5.78. The molecular weight excluding hydrogens is 186 g/mol. The molecule has 0 saturated heterocycles. The number of hydrogen-bond acceptors (Lipinski definition) is 1. The third-order valence-corrected chi connectivity index (χ3v) is 4.02. The summed E-state index contributed by atoms with van der Waals surface area (Å²) in [7, 11) is -0.931. The lowest BCUT2D eigenvalue weighted by Crippen LogP contribution is -2.25. The molecule has 0 unspecified atom stereocenters. The van der Waals surface area contributed by atoms with Gasteiger partial charge in [-0.2, -0.15) is 0 Å². The van der Waals surface area contributed by atoms with Crippen molar-refractivity contribution in [2.75, 3.05) is 19.6 Å². The fourth-order valence-electron chi connectivity index (χ4n) is 1.69. The predicted octanol–water partition coefficient (Wildman–Crippen LogP) is 3.61. The van der Waals surface area contributed by atoms with Gasteiger partial charge in [0.1, 0.15) is 0 Å². The van der Waals surface area contributed by atoms with E-state index in [-0.39, 0.29) is 0 Å². The van der Waals surface area contributed by atoms with Gasteiger partial charge in [0.15, 0.2) is 0 Å². The van der Waals surface area contributed by atoms with Crippen LogP contribution in [0.25, 0.3) is 0 Å². The zero-order chi connectivity index (χ0) is 11.2. The van der Waals surface area contributed by atoms with E-state index in [4.69, 9.17) is 0 Å². The van der Waals surface area contributed by atoms with Gasteiger partial charge >= 0.3 is 0 Å². The molecule has 2 heteroatoms.